The number of nitrogens with one attached hydrogen (secondary N) is 1. The minimum absolute atomic E-state index is 0.0551. The van der Waals surface area contributed by atoms with Gasteiger partial charge in [-0.15, -0.1) is 0 Å². The van der Waals surface area contributed by atoms with Crippen molar-refractivity contribution in [2.75, 3.05) is 0 Å². The third-order valence-corrected chi connectivity index (χ3v) is 4.88. The fourth-order valence-corrected chi connectivity index (χ4v) is 3.36. The maximum atomic E-state index is 12.8. The number of phenols is 1. The molecular weight excluding hydrogens is 436 g/mol. The van der Waals surface area contributed by atoms with Crippen molar-refractivity contribution in [2.45, 2.75) is 12.2 Å². The lowest BCUT2D eigenvalue weighted by Crippen LogP contribution is -2.44. The number of ether oxygens (including phenoxy) is 2. The smallest absolute Gasteiger partial charge is 0.285 e. The molecule has 0 radical (unpaired) electrons. The Morgan fingerprint density at radius 3 is 2.45 bits per heavy atom. The van der Waals surface area contributed by atoms with E-state index in [1.54, 1.807) is 24.3 Å². The zero-order valence-corrected chi connectivity index (χ0v) is 16.7. The highest BCUT2D eigenvalue weighted by atomic mass is 79.9. The third-order valence-electron chi connectivity index (χ3n) is 4.39. The standard InChI is InChI=1S/C22H17BrN2O4/c23-16-10-11-17(26)15(12-16)13-24-25-22(27)21-20(14-6-2-1-3-7-14)28-18-8-4-5-9-19(18)29-21/h1-13,20-21,26H,(H,25,27)/b24-13-/t20-,21+/m0/s1. The number of amides is 1. The van der Waals surface area contributed by atoms with E-state index in [0.29, 0.717) is 17.1 Å². The van der Waals surface area contributed by atoms with Gasteiger partial charge in [-0.3, -0.25) is 4.79 Å². The minimum atomic E-state index is -0.930. The lowest BCUT2D eigenvalue weighted by atomic mass is 10.0. The van der Waals surface area contributed by atoms with Crippen LogP contribution in [0.15, 0.2) is 82.4 Å². The summed E-state index contributed by atoms with van der Waals surface area (Å²) in [6.07, 6.45) is -0.186. The highest BCUT2D eigenvalue weighted by molar-refractivity contribution is 9.10. The third kappa shape index (κ3) is 4.25. The molecule has 3 aromatic rings. The maximum Gasteiger partial charge on any atom is 0.285 e. The summed E-state index contributed by atoms with van der Waals surface area (Å²) >= 11 is 3.33. The van der Waals surface area contributed by atoms with Gasteiger partial charge in [-0.2, -0.15) is 5.10 Å². The van der Waals surface area contributed by atoms with Crippen molar-refractivity contribution in [1.82, 2.24) is 5.43 Å². The van der Waals surface area contributed by atoms with Gasteiger partial charge in [0.15, 0.2) is 17.6 Å². The van der Waals surface area contributed by atoms with Crippen LogP contribution in [0.3, 0.4) is 0 Å². The summed E-state index contributed by atoms with van der Waals surface area (Å²) in [7, 11) is 0. The molecule has 0 aromatic heterocycles. The van der Waals surface area contributed by atoms with Crippen LogP contribution in [0.2, 0.25) is 0 Å². The van der Waals surface area contributed by atoms with Crippen molar-refractivity contribution in [3.05, 3.63) is 88.4 Å². The molecule has 29 heavy (non-hydrogen) atoms. The summed E-state index contributed by atoms with van der Waals surface area (Å²) < 4.78 is 12.8. The minimum Gasteiger partial charge on any atom is -0.507 e. The largest absolute Gasteiger partial charge is 0.507 e. The summed E-state index contributed by atoms with van der Waals surface area (Å²) in [6.45, 7) is 0. The molecule has 7 heteroatoms. The predicted molar refractivity (Wildman–Crippen MR) is 112 cm³/mol. The van der Waals surface area contributed by atoms with E-state index in [0.717, 1.165) is 10.0 Å². The van der Waals surface area contributed by atoms with Gasteiger partial charge in [0.25, 0.3) is 5.91 Å². The maximum absolute atomic E-state index is 12.8. The first kappa shape index (κ1) is 19.0. The first-order valence-corrected chi connectivity index (χ1v) is 9.70. The number of hydrogen-bond donors (Lipinski definition) is 2. The Labute approximate surface area is 175 Å². The van der Waals surface area contributed by atoms with Crippen LogP contribution in [-0.2, 0) is 4.79 Å². The number of nitrogens with zero attached hydrogens (tertiary/aromatic N) is 1. The molecule has 0 saturated heterocycles. The highest BCUT2D eigenvalue weighted by Gasteiger charge is 2.38. The van der Waals surface area contributed by atoms with Crippen LogP contribution in [0.5, 0.6) is 17.2 Å². The van der Waals surface area contributed by atoms with Crippen LogP contribution >= 0.6 is 15.9 Å². The zero-order valence-electron chi connectivity index (χ0n) is 15.2. The van der Waals surface area contributed by atoms with Gasteiger partial charge in [0.1, 0.15) is 5.75 Å². The number of benzene rings is 3. The topological polar surface area (TPSA) is 80.2 Å². The predicted octanol–water partition coefficient (Wildman–Crippen LogP) is 4.19. The van der Waals surface area contributed by atoms with Crippen LogP contribution < -0.4 is 14.9 Å². The summed E-state index contributed by atoms with van der Waals surface area (Å²) in [6, 6.07) is 21.6. The fourth-order valence-electron chi connectivity index (χ4n) is 2.98. The number of carbonyl (C=O) groups excluding carboxylic acids is 1. The fraction of sp³-hybridized carbons (Fsp3) is 0.0909. The van der Waals surface area contributed by atoms with Crippen LogP contribution in [0.25, 0.3) is 0 Å². The van der Waals surface area contributed by atoms with Gasteiger partial charge in [0, 0.05) is 10.0 Å². The number of halogens is 1. The Hall–Kier alpha value is -3.32. The quantitative estimate of drug-likeness (QED) is 0.459. The van der Waals surface area contributed by atoms with E-state index in [4.69, 9.17) is 9.47 Å². The monoisotopic (exact) mass is 452 g/mol. The SMILES string of the molecule is O=C(N/N=C\c1cc(Br)ccc1O)[C@@H]1Oc2ccccc2O[C@H]1c1ccccc1. The van der Waals surface area contributed by atoms with Gasteiger partial charge in [0.05, 0.1) is 6.21 Å². The molecule has 1 heterocycles. The number of aromatic hydroxyl groups is 1. The Balaban J connectivity index is 1.56. The number of para-hydroxylation sites is 2. The van der Waals surface area contributed by atoms with E-state index < -0.39 is 18.1 Å². The van der Waals surface area contributed by atoms with E-state index in [1.165, 1.54) is 12.3 Å². The average Bonchev–Trinajstić information content (AvgIpc) is 2.75. The molecule has 1 aliphatic rings. The summed E-state index contributed by atoms with van der Waals surface area (Å²) in [5.41, 5.74) is 3.76. The molecule has 4 rings (SSSR count). The first-order chi connectivity index (χ1) is 14.1. The van der Waals surface area contributed by atoms with Crippen LogP contribution in [0.1, 0.15) is 17.2 Å². The van der Waals surface area contributed by atoms with Crippen molar-refractivity contribution in [3.63, 3.8) is 0 Å². The second-order valence-electron chi connectivity index (χ2n) is 6.37. The van der Waals surface area contributed by atoms with Gasteiger partial charge in [-0.1, -0.05) is 58.4 Å². The summed E-state index contributed by atoms with van der Waals surface area (Å²) in [5, 5.41) is 13.8. The number of rotatable bonds is 4. The molecule has 0 aliphatic carbocycles. The molecular formula is C22H17BrN2O4. The van der Waals surface area contributed by atoms with E-state index in [2.05, 4.69) is 26.5 Å². The van der Waals surface area contributed by atoms with Gasteiger partial charge in [-0.25, -0.2) is 5.43 Å². The Bertz CT molecular complexity index is 1060. The lowest BCUT2D eigenvalue weighted by molar-refractivity contribution is -0.134. The second kappa shape index (κ2) is 8.36. The van der Waals surface area contributed by atoms with Gasteiger partial charge < -0.3 is 14.6 Å². The summed E-state index contributed by atoms with van der Waals surface area (Å²) in [5.74, 6) is 0.667. The van der Waals surface area contributed by atoms with Crippen molar-refractivity contribution in [3.8, 4) is 17.2 Å². The number of carbonyl (C=O) groups is 1. The van der Waals surface area contributed by atoms with Gasteiger partial charge in [-0.05, 0) is 35.9 Å². The molecule has 0 fully saturated rings. The van der Waals surface area contributed by atoms with Crippen molar-refractivity contribution in [2.24, 2.45) is 5.10 Å². The number of hydrogen-bond acceptors (Lipinski definition) is 5. The zero-order chi connectivity index (χ0) is 20.2. The number of phenolic OH excluding ortho intramolecular Hbond substituents is 1. The number of hydrazone groups is 1. The molecule has 2 atom stereocenters. The molecule has 0 saturated carbocycles. The second-order valence-corrected chi connectivity index (χ2v) is 7.29. The lowest BCUT2D eigenvalue weighted by Gasteiger charge is -2.32. The average molecular weight is 453 g/mol. The Morgan fingerprint density at radius 2 is 1.69 bits per heavy atom. The van der Waals surface area contributed by atoms with Crippen molar-refractivity contribution < 1.29 is 19.4 Å². The molecule has 0 bridgehead atoms. The van der Waals surface area contributed by atoms with E-state index in [9.17, 15) is 9.90 Å². The first-order valence-electron chi connectivity index (χ1n) is 8.90. The molecule has 1 amide bonds. The van der Waals surface area contributed by atoms with Crippen molar-refractivity contribution >= 4 is 28.1 Å². The normalized spacial score (nSPS) is 17.8. The highest BCUT2D eigenvalue weighted by Crippen LogP contribution is 2.39. The van der Waals surface area contributed by atoms with E-state index in [1.807, 2.05) is 42.5 Å². The van der Waals surface area contributed by atoms with E-state index in [-0.39, 0.29) is 5.75 Å². The molecule has 0 unspecified atom stereocenters. The van der Waals surface area contributed by atoms with Crippen LogP contribution in [0, 0.1) is 0 Å². The number of fused-ring (bicyclic) bond motifs is 1. The van der Waals surface area contributed by atoms with Crippen molar-refractivity contribution in [1.29, 1.82) is 0 Å². The molecule has 146 valence electrons. The Morgan fingerprint density at radius 1 is 1.00 bits per heavy atom. The van der Waals surface area contributed by atoms with Crippen LogP contribution in [-0.4, -0.2) is 23.3 Å². The summed E-state index contributed by atoms with van der Waals surface area (Å²) in [4.78, 5) is 12.8. The van der Waals surface area contributed by atoms with E-state index >= 15 is 0 Å². The van der Waals surface area contributed by atoms with Crippen LogP contribution in [0.4, 0.5) is 0 Å². The van der Waals surface area contributed by atoms with Gasteiger partial charge >= 0.3 is 0 Å². The molecule has 6 nitrogen and oxygen atoms in total. The van der Waals surface area contributed by atoms with Gasteiger partial charge in [0.2, 0.25) is 6.10 Å². The Kier molecular flexibility index (Phi) is 5.48. The molecule has 2 N–H and O–H groups in total. The molecule has 3 aromatic carbocycles. The molecule has 1 aliphatic heterocycles. The molecule has 0 spiro atoms.